The zero-order chi connectivity index (χ0) is 0. The molecule has 0 aromatic carbocycles. The van der Waals surface area contributed by atoms with Crippen molar-refractivity contribution in [2.45, 2.75) is 0 Å². The summed E-state index contributed by atoms with van der Waals surface area (Å²) in [4.78, 5) is 0. The zero-order valence-electron chi connectivity index (χ0n) is 1.32. The number of hydrogen-bond donors (Lipinski definition) is 0. The number of hydrogen-bond acceptors (Lipinski definition) is 0. The molecule has 0 aliphatic heterocycles. The van der Waals surface area contributed by atoms with Crippen LogP contribution in [0, 0.1) is 0 Å². The van der Waals surface area contributed by atoms with Crippen LogP contribution in [0.15, 0.2) is 0 Å². The van der Waals surface area contributed by atoms with Crippen LogP contribution in [0.25, 0.3) is 0 Å². The molecule has 0 spiro atoms. The maximum absolute atomic E-state index is 0. The van der Waals surface area contributed by atoms with Gasteiger partial charge in [0, 0.05) is 0 Å². The van der Waals surface area contributed by atoms with Gasteiger partial charge in [-0.15, -0.1) is 24.8 Å². The first-order valence-electron chi connectivity index (χ1n) is 0. The van der Waals surface area contributed by atoms with Crippen LogP contribution in [0.1, 0.15) is 0 Å². The molecule has 0 fully saturated rings. The van der Waals surface area contributed by atoms with Crippen molar-refractivity contribution in [3.05, 3.63) is 0 Å². The molecule has 0 bridgehead atoms. The zero-order valence-corrected chi connectivity index (χ0v) is 2.95. The van der Waals surface area contributed by atoms with E-state index in [-0.39, 0.29) is 135 Å². The van der Waals surface area contributed by atoms with E-state index >= 15 is 0 Å². The van der Waals surface area contributed by atoms with Gasteiger partial charge in [0.1, 0.15) is 0 Å². The van der Waals surface area contributed by atoms with Crippen LogP contribution in [0.5, 0.6) is 0 Å². The summed E-state index contributed by atoms with van der Waals surface area (Å²) < 4.78 is 0. The van der Waals surface area contributed by atoms with Gasteiger partial charge in [-0.2, -0.15) is 0 Å². The molecular formula is H9Ca2Cl2NaO. The van der Waals surface area contributed by atoms with Crippen LogP contribution in [-0.4, -0.2) is 111 Å². The Morgan fingerprint density at radius 1 is 0.667 bits per heavy atom. The van der Waals surface area contributed by atoms with Crippen LogP contribution in [0.2, 0.25) is 0 Å². The molecule has 0 aliphatic carbocycles. The summed E-state index contributed by atoms with van der Waals surface area (Å²) in [6.45, 7) is 0. The molecule has 0 unspecified atom stereocenters. The van der Waals surface area contributed by atoms with Crippen molar-refractivity contribution in [1.82, 2.24) is 0 Å². The third kappa shape index (κ3) is 24.4. The summed E-state index contributed by atoms with van der Waals surface area (Å²) in [5, 5.41) is 0. The molecule has 2 N–H and O–H groups in total. The van der Waals surface area contributed by atoms with Gasteiger partial charge in [0.05, 0.1) is 0 Å². The molecule has 1 nitrogen and oxygen atoms in total. The molecule has 6 heavy (non-hydrogen) atoms. The minimum atomic E-state index is 0. The van der Waals surface area contributed by atoms with Crippen molar-refractivity contribution < 1.29 is 5.48 Å². The third-order valence-corrected chi connectivity index (χ3v) is 0. The Hall–Kier alpha value is 4.06. The Kier molecular flexibility index (Phi) is 298. The van der Waals surface area contributed by atoms with E-state index in [1.807, 2.05) is 0 Å². The van der Waals surface area contributed by atoms with E-state index < -0.39 is 0 Å². The Morgan fingerprint density at radius 3 is 0.667 bits per heavy atom. The molecule has 0 amide bonds. The standard InChI is InChI=1S/2Ca.2ClH.Na.H2O.5H/h;;2*1H;;1H2;;;;;. The van der Waals surface area contributed by atoms with Gasteiger partial charge in [0.2, 0.25) is 0 Å². The summed E-state index contributed by atoms with van der Waals surface area (Å²) >= 11 is 0. The van der Waals surface area contributed by atoms with E-state index in [1.165, 1.54) is 0 Å². The first-order chi connectivity index (χ1) is 0. The van der Waals surface area contributed by atoms with E-state index in [4.69, 9.17) is 0 Å². The molecule has 0 aromatic heterocycles. The Balaban J connectivity index is 0. The second-order valence-corrected chi connectivity index (χ2v) is 0. The van der Waals surface area contributed by atoms with Gasteiger partial charge < -0.3 is 5.48 Å². The SMILES string of the molecule is Cl.Cl.O.[CaH2].[CaH2].[NaH]. The van der Waals surface area contributed by atoms with Crippen molar-refractivity contribution in [3.8, 4) is 0 Å². The minimum absolute atomic E-state index is 0. The normalized spacial score (nSPS) is 0. The van der Waals surface area contributed by atoms with E-state index in [9.17, 15) is 0 Å². The van der Waals surface area contributed by atoms with Gasteiger partial charge in [-0.1, -0.05) is 0 Å². The predicted octanol–water partition coefficient (Wildman–Crippen LogP) is -2.46. The molecule has 0 aliphatic rings. The van der Waals surface area contributed by atoms with Gasteiger partial charge in [-0.3, -0.25) is 0 Å². The summed E-state index contributed by atoms with van der Waals surface area (Å²) in [6.07, 6.45) is 0. The van der Waals surface area contributed by atoms with Crippen molar-refractivity contribution in [2.75, 3.05) is 0 Å². The molecule has 0 saturated heterocycles. The molecule has 0 atom stereocenters. The van der Waals surface area contributed by atoms with E-state index in [0.717, 1.165) is 0 Å². The second-order valence-electron chi connectivity index (χ2n) is 0. The van der Waals surface area contributed by atoms with Crippen LogP contribution >= 0.6 is 24.8 Å². The molecule has 0 saturated carbocycles. The summed E-state index contributed by atoms with van der Waals surface area (Å²) in [6, 6.07) is 0. The quantitative estimate of drug-likeness (QED) is 0.387. The monoisotopic (exact) mass is 198 g/mol. The first kappa shape index (κ1) is 50.1. The Morgan fingerprint density at radius 2 is 0.667 bits per heavy atom. The van der Waals surface area contributed by atoms with Gasteiger partial charge in [0.25, 0.3) is 0 Å². The molecule has 6 heteroatoms. The van der Waals surface area contributed by atoms with Gasteiger partial charge >= 0.3 is 105 Å². The molecule has 0 heterocycles. The van der Waals surface area contributed by atoms with Crippen LogP contribution in [0.4, 0.5) is 0 Å². The van der Waals surface area contributed by atoms with E-state index in [0.29, 0.717) is 0 Å². The van der Waals surface area contributed by atoms with Gasteiger partial charge in [0.15, 0.2) is 0 Å². The second kappa shape index (κ2) is 35.7. The van der Waals surface area contributed by atoms with E-state index in [1.54, 1.807) is 0 Å². The van der Waals surface area contributed by atoms with Crippen molar-refractivity contribution in [2.24, 2.45) is 0 Å². The van der Waals surface area contributed by atoms with Gasteiger partial charge in [-0.05, 0) is 0 Å². The summed E-state index contributed by atoms with van der Waals surface area (Å²) in [5.74, 6) is 0. The average molecular weight is 199 g/mol. The fraction of sp³-hybridized carbons (Fsp3) is 0. The average Bonchev–Trinajstić information content (AvgIpc) is 0. The maximum atomic E-state index is 0. The first-order valence-corrected chi connectivity index (χ1v) is 0. The number of rotatable bonds is 0. The van der Waals surface area contributed by atoms with Crippen LogP contribution in [-0.2, 0) is 0 Å². The molecule has 0 radical (unpaired) electrons. The van der Waals surface area contributed by atoms with Crippen molar-refractivity contribution in [1.29, 1.82) is 0 Å². The topological polar surface area (TPSA) is 31.5 Å². The molecule has 0 rings (SSSR count). The molecule has 34 valence electrons. The predicted molar refractivity (Wildman–Crippen MR) is 42.3 cm³/mol. The van der Waals surface area contributed by atoms with Crippen LogP contribution in [0.3, 0.4) is 0 Å². The molecule has 0 aromatic rings. The summed E-state index contributed by atoms with van der Waals surface area (Å²) in [5.41, 5.74) is 0. The van der Waals surface area contributed by atoms with Gasteiger partial charge in [-0.25, -0.2) is 0 Å². The Labute approximate surface area is 132 Å². The van der Waals surface area contributed by atoms with Crippen molar-refractivity contribution in [3.63, 3.8) is 0 Å². The number of halogens is 2. The fourth-order valence-corrected chi connectivity index (χ4v) is 0. The summed E-state index contributed by atoms with van der Waals surface area (Å²) in [7, 11) is 0. The fourth-order valence-electron chi connectivity index (χ4n) is 0. The van der Waals surface area contributed by atoms with Crippen molar-refractivity contribution >= 4 is 130 Å². The van der Waals surface area contributed by atoms with Crippen LogP contribution < -0.4 is 0 Å². The van der Waals surface area contributed by atoms with E-state index in [2.05, 4.69) is 0 Å². The third-order valence-electron chi connectivity index (χ3n) is 0. The Bertz CT molecular complexity index is 11.5. The molecular weight excluding hydrogens is 190 g/mol.